The van der Waals surface area contributed by atoms with E-state index in [1.165, 1.54) is 6.42 Å². The third kappa shape index (κ3) is 6.08. The number of carbonyl (C=O) groups is 2. The van der Waals surface area contributed by atoms with Gasteiger partial charge in [0.25, 0.3) is 11.8 Å². The number of benzene rings is 2. The van der Waals surface area contributed by atoms with E-state index in [0.717, 1.165) is 30.2 Å². The third-order valence-corrected chi connectivity index (χ3v) is 5.61. The first-order valence-electron chi connectivity index (χ1n) is 10.6. The third-order valence-electron chi connectivity index (χ3n) is 5.12. The van der Waals surface area contributed by atoms with Gasteiger partial charge in [0.15, 0.2) is 0 Å². The van der Waals surface area contributed by atoms with Gasteiger partial charge in [-0.1, -0.05) is 61.2 Å². The molecule has 2 N–H and O–H groups in total. The average molecular weight is 473 g/mol. The van der Waals surface area contributed by atoms with Crippen LogP contribution in [0, 0.1) is 5.92 Å². The molecule has 0 unspecified atom stereocenters. The number of halogens is 1. The fourth-order valence-corrected chi connectivity index (χ4v) is 3.91. The first-order valence-corrected chi connectivity index (χ1v) is 11.4. The molecule has 1 aliphatic carbocycles. The highest BCUT2D eigenvalue weighted by Gasteiger charge is 2.20. The summed E-state index contributed by atoms with van der Waals surface area (Å²) in [6.07, 6.45) is 5.54. The van der Waals surface area contributed by atoms with Gasteiger partial charge in [-0.2, -0.15) is 0 Å². The van der Waals surface area contributed by atoms with Crippen LogP contribution in [0.3, 0.4) is 0 Å². The number of hydrogen-bond acceptors (Lipinski definition) is 3. The van der Waals surface area contributed by atoms with E-state index in [0.29, 0.717) is 35.1 Å². The number of hydrogen-bond donors (Lipinski definition) is 2. The Morgan fingerprint density at radius 1 is 1.03 bits per heavy atom. The largest absolute Gasteiger partial charge is 0.492 e. The van der Waals surface area contributed by atoms with Gasteiger partial charge >= 0.3 is 0 Å². The lowest BCUT2D eigenvalue weighted by atomic mass is 9.95. The number of para-hydroxylation sites is 1. The zero-order valence-corrected chi connectivity index (χ0v) is 19.1. The van der Waals surface area contributed by atoms with Crippen molar-refractivity contribution in [2.75, 3.05) is 11.9 Å². The number of ether oxygens (including phenoxy) is 1. The number of nitrogens with one attached hydrogen (secondary N) is 2. The molecule has 0 saturated heterocycles. The second-order valence-electron chi connectivity index (χ2n) is 8.15. The van der Waals surface area contributed by atoms with Gasteiger partial charge in [0.2, 0.25) is 0 Å². The van der Waals surface area contributed by atoms with Crippen LogP contribution in [0.15, 0.2) is 46.9 Å². The van der Waals surface area contributed by atoms with Crippen molar-refractivity contribution in [3.8, 4) is 5.75 Å². The van der Waals surface area contributed by atoms with Crippen molar-refractivity contribution in [3.63, 3.8) is 0 Å². The van der Waals surface area contributed by atoms with Crippen LogP contribution in [-0.4, -0.2) is 24.5 Å². The van der Waals surface area contributed by atoms with Crippen molar-refractivity contribution >= 4 is 33.4 Å². The van der Waals surface area contributed by atoms with E-state index < -0.39 is 0 Å². The van der Waals surface area contributed by atoms with Gasteiger partial charge in [-0.05, 0) is 49.1 Å². The Bertz CT molecular complexity index is 892. The van der Waals surface area contributed by atoms with Crippen LogP contribution in [0.4, 0.5) is 5.69 Å². The van der Waals surface area contributed by atoms with Crippen molar-refractivity contribution in [1.82, 2.24) is 5.32 Å². The molecule has 0 aliphatic heterocycles. The molecule has 5 nitrogen and oxygen atoms in total. The van der Waals surface area contributed by atoms with Crippen LogP contribution in [0.1, 0.15) is 66.7 Å². The van der Waals surface area contributed by atoms with Gasteiger partial charge in [0.05, 0.1) is 23.4 Å². The Morgan fingerprint density at radius 2 is 1.77 bits per heavy atom. The fraction of sp³-hybridized carbons (Fsp3) is 0.417. The molecule has 0 heterocycles. The monoisotopic (exact) mass is 472 g/mol. The second kappa shape index (κ2) is 10.6. The van der Waals surface area contributed by atoms with E-state index in [2.05, 4.69) is 40.4 Å². The highest BCUT2D eigenvalue weighted by molar-refractivity contribution is 9.10. The molecule has 2 amide bonds. The van der Waals surface area contributed by atoms with Crippen molar-refractivity contribution in [2.45, 2.75) is 52.0 Å². The predicted octanol–water partition coefficient (Wildman–Crippen LogP) is 5.80. The van der Waals surface area contributed by atoms with Crippen LogP contribution in [0.25, 0.3) is 0 Å². The van der Waals surface area contributed by atoms with Gasteiger partial charge in [0.1, 0.15) is 5.75 Å². The Morgan fingerprint density at radius 3 is 2.50 bits per heavy atom. The molecule has 0 atom stereocenters. The van der Waals surface area contributed by atoms with E-state index in [-0.39, 0.29) is 17.9 Å². The minimum atomic E-state index is -0.312. The molecule has 2 aromatic rings. The van der Waals surface area contributed by atoms with E-state index in [1.54, 1.807) is 24.3 Å². The molecule has 2 aromatic carbocycles. The summed E-state index contributed by atoms with van der Waals surface area (Å²) in [5.41, 5.74) is 1.38. The van der Waals surface area contributed by atoms with Crippen LogP contribution in [0.5, 0.6) is 5.75 Å². The average Bonchev–Trinajstić information content (AvgIpc) is 2.73. The number of carbonyl (C=O) groups excluding carboxylic acids is 2. The maximum Gasteiger partial charge on any atom is 0.259 e. The van der Waals surface area contributed by atoms with Crippen molar-refractivity contribution in [2.24, 2.45) is 5.92 Å². The Kier molecular flexibility index (Phi) is 7.91. The Balaban J connectivity index is 1.77. The van der Waals surface area contributed by atoms with E-state index in [4.69, 9.17) is 4.74 Å². The molecule has 6 heteroatoms. The first-order chi connectivity index (χ1) is 14.4. The van der Waals surface area contributed by atoms with Crippen LogP contribution in [0.2, 0.25) is 0 Å². The number of rotatable bonds is 7. The minimum Gasteiger partial charge on any atom is -0.492 e. The van der Waals surface area contributed by atoms with E-state index >= 15 is 0 Å². The number of anilines is 1. The summed E-state index contributed by atoms with van der Waals surface area (Å²) in [5.74, 6) is 0.401. The highest BCUT2D eigenvalue weighted by atomic mass is 79.9. The minimum absolute atomic E-state index is 0.150. The molecule has 1 aliphatic rings. The maximum atomic E-state index is 13.1. The predicted molar refractivity (Wildman–Crippen MR) is 123 cm³/mol. The molecule has 0 radical (unpaired) electrons. The van der Waals surface area contributed by atoms with Crippen LogP contribution >= 0.6 is 15.9 Å². The highest BCUT2D eigenvalue weighted by Crippen LogP contribution is 2.26. The molecule has 1 saturated carbocycles. The lowest BCUT2D eigenvalue weighted by Gasteiger charge is -2.23. The molecule has 3 rings (SSSR count). The molecular weight excluding hydrogens is 444 g/mol. The standard InChI is InChI=1S/C24H29BrN2O3/c1-16(2)15-30-22-13-12-17(25)14-20(22)24(29)27-21-11-7-6-10-19(21)23(28)26-18-8-4-3-5-9-18/h6-7,10-14,16,18H,3-5,8-9,15H2,1-2H3,(H,26,28)(H,27,29). The summed E-state index contributed by atoms with van der Waals surface area (Å²) in [6, 6.07) is 12.7. The lowest BCUT2D eigenvalue weighted by Crippen LogP contribution is -2.36. The summed E-state index contributed by atoms with van der Waals surface area (Å²) >= 11 is 3.42. The normalized spacial score (nSPS) is 14.4. The van der Waals surface area contributed by atoms with Crippen molar-refractivity contribution in [3.05, 3.63) is 58.1 Å². The second-order valence-corrected chi connectivity index (χ2v) is 9.07. The molecule has 30 heavy (non-hydrogen) atoms. The quantitative estimate of drug-likeness (QED) is 0.534. The summed E-state index contributed by atoms with van der Waals surface area (Å²) in [5, 5.41) is 6.02. The molecule has 0 aromatic heterocycles. The summed E-state index contributed by atoms with van der Waals surface area (Å²) in [7, 11) is 0. The summed E-state index contributed by atoms with van der Waals surface area (Å²) < 4.78 is 6.61. The van der Waals surface area contributed by atoms with Crippen LogP contribution in [-0.2, 0) is 0 Å². The molecule has 1 fully saturated rings. The van der Waals surface area contributed by atoms with Gasteiger partial charge in [-0.25, -0.2) is 0 Å². The SMILES string of the molecule is CC(C)COc1ccc(Br)cc1C(=O)Nc1ccccc1C(=O)NC1CCCCC1. The number of amides is 2. The summed E-state index contributed by atoms with van der Waals surface area (Å²) in [6.45, 7) is 4.63. The van der Waals surface area contributed by atoms with Crippen LogP contribution < -0.4 is 15.4 Å². The zero-order chi connectivity index (χ0) is 21.5. The van der Waals surface area contributed by atoms with Crippen molar-refractivity contribution in [1.29, 1.82) is 0 Å². The molecule has 0 spiro atoms. The molecule has 160 valence electrons. The topological polar surface area (TPSA) is 67.4 Å². The van der Waals surface area contributed by atoms with Gasteiger partial charge in [-0.3, -0.25) is 9.59 Å². The first kappa shape index (κ1) is 22.3. The Labute approximate surface area is 186 Å². The smallest absolute Gasteiger partial charge is 0.259 e. The van der Waals surface area contributed by atoms with Gasteiger partial charge in [0, 0.05) is 10.5 Å². The molecular formula is C24H29BrN2O3. The zero-order valence-electron chi connectivity index (χ0n) is 17.5. The molecule has 0 bridgehead atoms. The summed E-state index contributed by atoms with van der Waals surface area (Å²) in [4.78, 5) is 25.9. The van der Waals surface area contributed by atoms with Gasteiger partial charge in [-0.15, -0.1) is 0 Å². The van der Waals surface area contributed by atoms with Crippen molar-refractivity contribution < 1.29 is 14.3 Å². The van der Waals surface area contributed by atoms with E-state index in [1.807, 2.05) is 18.2 Å². The van der Waals surface area contributed by atoms with Gasteiger partial charge < -0.3 is 15.4 Å². The van der Waals surface area contributed by atoms with E-state index in [9.17, 15) is 9.59 Å². The fourth-order valence-electron chi connectivity index (χ4n) is 3.55. The maximum absolute atomic E-state index is 13.1. The lowest BCUT2D eigenvalue weighted by molar-refractivity contribution is 0.0928. The Hall–Kier alpha value is -2.34.